The van der Waals surface area contributed by atoms with Crippen molar-refractivity contribution in [2.24, 2.45) is 0 Å². The Labute approximate surface area is 152 Å². The van der Waals surface area contributed by atoms with Crippen molar-refractivity contribution in [3.05, 3.63) is 58.5 Å². The van der Waals surface area contributed by atoms with E-state index in [4.69, 9.17) is 5.26 Å². The highest BCUT2D eigenvalue weighted by molar-refractivity contribution is 5.92. The lowest BCUT2D eigenvalue weighted by molar-refractivity contribution is -0.118. The third-order valence-electron chi connectivity index (χ3n) is 4.71. The number of hydrogen-bond acceptors (Lipinski definition) is 4. The molecular weight excluding hydrogens is 326 g/mol. The molecule has 0 spiro atoms. The van der Waals surface area contributed by atoms with Crippen LogP contribution in [0.2, 0.25) is 0 Å². The van der Waals surface area contributed by atoms with E-state index in [0.717, 1.165) is 28.2 Å². The Bertz CT molecular complexity index is 1010. The third kappa shape index (κ3) is 3.16. The van der Waals surface area contributed by atoms with E-state index in [0.29, 0.717) is 24.1 Å². The Morgan fingerprint density at radius 2 is 1.92 bits per heavy atom. The summed E-state index contributed by atoms with van der Waals surface area (Å²) in [6.45, 7) is 5.87. The Kier molecular flexibility index (Phi) is 4.72. The second kappa shape index (κ2) is 6.96. The van der Waals surface area contributed by atoms with Gasteiger partial charge in [0.2, 0.25) is 5.91 Å². The molecule has 0 bridgehead atoms. The van der Waals surface area contributed by atoms with Crippen molar-refractivity contribution in [2.75, 3.05) is 11.9 Å². The molecule has 2 aromatic heterocycles. The first-order valence-electron chi connectivity index (χ1n) is 8.49. The zero-order valence-corrected chi connectivity index (χ0v) is 15.4. The highest BCUT2D eigenvalue weighted by Gasteiger charge is 2.16. The number of aryl methyl sites for hydroxylation is 3. The summed E-state index contributed by atoms with van der Waals surface area (Å²) in [5.41, 5.74) is 5.81. The summed E-state index contributed by atoms with van der Waals surface area (Å²) in [6, 6.07) is 9.99. The van der Waals surface area contributed by atoms with Crippen LogP contribution in [-0.2, 0) is 11.2 Å². The summed E-state index contributed by atoms with van der Waals surface area (Å²) >= 11 is 0. The molecule has 0 atom stereocenters. The van der Waals surface area contributed by atoms with Crippen LogP contribution >= 0.6 is 0 Å². The summed E-state index contributed by atoms with van der Waals surface area (Å²) in [7, 11) is 1.79. The Balaban J connectivity index is 1.80. The first-order chi connectivity index (χ1) is 12.4. The first kappa shape index (κ1) is 17.6. The van der Waals surface area contributed by atoms with Crippen molar-refractivity contribution in [3.63, 3.8) is 0 Å². The molecule has 6 nitrogen and oxygen atoms in total. The fourth-order valence-corrected chi connectivity index (χ4v) is 3.06. The number of fused-ring (bicyclic) bond motifs is 1. The average Bonchev–Trinajstić information content (AvgIpc) is 3.04. The van der Waals surface area contributed by atoms with E-state index >= 15 is 0 Å². The largest absolute Gasteiger partial charge is 0.315 e. The number of carbonyl (C=O) groups is 1. The zero-order chi connectivity index (χ0) is 18.8. The van der Waals surface area contributed by atoms with E-state index in [1.165, 1.54) is 6.20 Å². The van der Waals surface area contributed by atoms with Crippen molar-refractivity contribution in [3.8, 4) is 6.07 Å². The topological polar surface area (TPSA) is 74.3 Å². The van der Waals surface area contributed by atoms with Crippen LogP contribution in [0.1, 0.15) is 34.5 Å². The van der Waals surface area contributed by atoms with E-state index in [9.17, 15) is 4.79 Å². The number of aromatic nitrogens is 3. The Morgan fingerprint density at radius 1 is 1.23 bits per heavy atom. The van der Waals surface area contributed by atoms with Gasteiger partial charge in [-0.2, -0.15) is 10.4 Å². The Hall–Kier alpha value is -3.20. The molecule has 0 fully saturated rings. The lowest BCUT2D eigenvalue weighted by Gasteiger charge is -2.18. The maximum Gasteiger partial charge on any atom is 0.227 e. The van der Waals surface area contributed by atoms with Crippen molar-refractivity contribution < 1.29 is 4.79 Å². The van der Waals surface area contributed by atoms with Gasteiger partial charge in [-0.05, 0) is 44.9 Å². The molecule has 1 aromatic carbocycles. The summed E-state index contributed by atoms with van der Waals surface area (Å²) in [5.74, 6) is 0.0472. The van der Waals surface area contributed by atoms with Gasteiger partial charge in [0.25, 0.3) is 0 Å². The maximum atomic E-state index is 12.6. The standard InChI is InChI=1S/C20H21N5O/c1-13-5-7-17(8-6-13)24(4)19(26)10-9-18-14(2)23-20-16(11-21)12-22-25(20)15(18)3/h5-8,12H,9-10H2,1-4H3. The minimum atomic E-state index is 0.0472. The Morgan fingerprint density at radius 3 is 2.58 bits per heavy atom. The minimum absolute atomic E-state index is 0.0472. The molecule has 26 heavy (non-hydrogen) atoms. The normalized spacial score (nSPS) is 10.7. The molecular formula is C20H21N5O. The number of hydrogen-bond donors (Lipinski definition) is 0. The number of carbonyl (C=O) groups excluding carboxylic acids is 1. The molecule has 3 rings (SSSR count). The molecule has 0 aliphatic rings. The van der Waals surface area contributed by atoms with E-state index in [-0.39, 0.29) is 5.91 Å². The number of anilines is 1. The van der Waals surface area contributed by atoms with Gasteiger partial charge < -0.3 is 4.90 Å². The lowest BCUT2D eigenvalue weighted by atomic mass is 10.1. The van der Waals surface area contributed by atoms with Gasteiger partial charge >= 0.3 is 0 Å². The molecule has 0 unspecified atom stereocenters. The highest BCUT2D eigenvalue weighted by atomic mass is 16.2. The average molecular weight is 347 g/mol. The summed E-state index contributed by atoms with van der Waals surface area (Å²) in [4.78, 5) is 18.8. The molecule has 132 valence electrons. The van der Waals surface area contributed by atoms with Crippen LogP contribution in [0.5, 0.6) is 0 Å². The zero-order valence-electron chi connectivity index (χ0n) is 15.4. The van der Waals surface area contributed by atoms with Crippen LogP contribution < -0.4 is 4.90 Å². The van der Waals surface area contributed by atoms with E-state index in [1.807, 2.05) is 45.0 Å². The van der Waals surface area contributed by atoms with Gasteiger partial charge in [-0.1, -0.05) is 17.7 Å². The van der Waals surface area contributed by atoms with E-state index in [1.54, 1.807) is 16.5 Å². The molecule has 3 aromatic rings. The fraction of sp³-hybridized carbons (Fsp3) is 0.300. The van der Waals surface area contributed by atoms with Crippen molar-refractivity contribution in [2.45, 2.75) is 33.6 Å². The molecule has 6 heteroatoms. The SMILES string of the molecule is Cc1ccc(N(C)C(=O)CCc2c(C)nc3c(C#N)cnn3c2C)cc1. The van der Waals surface area contributed by atoms with Crippen LogP contribution in [0.15, 0.2) is 30.5 Å². The number of amides is 1. The van der Waals surface area contributed by atoms with Crippen LogP contribution in [0.25, 0.3) is 5.65 Å². The number of nitrogens with zero attached hydrogens (tertiary/aromatic N) is 5. The molecule has 0 saturated heterocycles. The number of nitriles is 1. The molecule has 2 heterocycles. The van der Waals surface area contributed by atoms with Crippen LogP contribution in [-0.4, -0.2) is 27.6 Å². The molecule has 0 N–H and O–H groups in total. The smallest absolute Gasteiger partial charge is 0.227 e. The van der Waals surface area contributed by atoms with Gasteiger partial charge in [0, 0.05) is 30.5 Å². The van der Waals surface area contributed by atoms with E-state index in [2.05, 4.69) is 16.2 Å². The van der Waals surface area contributed by atoms with Gasteiger partial charge in [-0.25, -0.2) is 9.50 Å². The molecule has 1 amide bonds. The quantitative estimate of drug-likeness (QED) is 0.727. The second-order valence-corrected chi connectivity index (χ2v) is 6.45. The third-order valence-corrected chi connectivity index (χ3v) is 4.71. The van der Waals surface area contributed by atoms with Crippen LogP contribution in [0.3, 0.4) is 0 Å². The summed E-state index contributed by atoms with van der Waals surface area (Å²) in [5, 5.41) is 13.4. The van der Waals surface area contributed by atoms with E-state index < -0.39 is 0 Å². The minimum Gasteiger partial charge on any atom is -0.315 e. The van der Waals surface area contributed by atoms with Crippen molar-refractivity contribution in [1.29, 1.82) is 5.26 Å². The molecule has 0 aliphatic carbocycles. The fourth-order valence-electron chi connectivity index (χ4n) is 3.06. The second-order valence-electron chi connectivity index (χ2n) is 6.45. The van der Waals surface area contributed by atoms with Gasteiger partial charge in [-0.15, -0.1) is 0 Å². The van der Waals surface area contributed by atoms with Crippen LogP contribution in [0, 0.1) is 32.1 Å². The molecule has 0 radical (unpaired) electrons. The predicted molar refractivity (Wildman–Crippen MR) is 100 cm³/mol. The summed E-state index contributed by atoms with van der Waals surface area (Å²) in [6.07, 6.45) is 2.48. The maximum absolute atomic E-state index is 12.6. The monoisotopic (exact) mass is 347 g/mol. The lowest BCUT2D eigenvalue weighted by Crippen LogP contribution is -2.26. The summed E-state index contributed by atoms with van der Waals surface area (Å²) < 4.78 is 1.68. The van der Waals surface area contributed by atoms with Gasteiger partial charge in [0.15, 0.2) is 5.65 Å². The van der Waals surface area contributed by atoms with Crippen LogP contribution in [0.4, 0.5) is 5.69 Å². The molecule has 0 aliphatic heterocycles. The van der Waals surface area contributed by atoms with Gasteiger partial charge in [0.05, 0.1) is 6.20 Å². The van der Waals surface area contributed by atoms with Gasteiger partial charge in [0.1, 0.15) is 11.6 Å². The number of rotatable bonds is 4. The van der Waals surface area contributed by atoms with Gasteiger partial charge in [-0.3, -0.25) is 4.79 Å². The molecule has 0 saturated carbocycles. The highest BCUT2D eigenvalue weighted by Crippen LogP contribution is 2.20. The first-order valence-corrected chi connectivity index (χ1v) is 8.49. The van der Waals surface area contributed by atoms with Crippen molar-refractivity contribution >= 4 is 17.2 Å². The predicted octanol–water partition coefficient (Wildman–Crippen LogP) is 3.12. The number of benzene rings is 1. The van der Waals surface area contributed by atoms with Crippen molar-refractivity contribution in [1.82, 2.24) is 14.6 Å².